The first-order valence-electron chi connectivity index (χ1n) is 19.2. The van der Waals surface area contributed by atoms with E-state index in [0.717, 1.165) is 51.5 Å². The highest BCUT2D eigenvalue weighted by atomic mass is 19.1. The molecular formula is C41H45F2N5O7. The van der Waals surface area contributed by atoms with Crippen LogP contribution in [0.2, 0.25) is 0 Å². The Balaban J connectivity index is 1.16. The molecule has 0 amide bonds. The maximum Gasteiger partial charge on any atom is 0.319 e. The summed E-state index contributed by atoms with van der Waals surface area (Å²) in [5, 5.41) is 22.7. The lowest BCUT2D eigenvalue weighted by atomic mass is 9.74. The number of likely N-dealkylation sites (tertiary alicyclic amines) is 1. The highest BCUT2D eigenvalue weighted by molar-refractivity contribution is 6.04. The minimum Gasteiger partial charge on any atom is -0.508 e. The van der Waals surface area contributed by atoms with E-state index in [1.165, 1.54) is 31.4 Å². The number of fused-ring (bicyclic) bond motifs is 5. The topological polar surface area (TPSA) is 132 Å². The summed E-state index contributed by atoms with van der Waals surface area (Å²) in [7, 11) is 1.40. The van der Waals surface area contributed by atoms with Gasteiger partial charge in [0.15, 0.2) is 12.1 Å². The van der Waals surface area contributed by atoms with Crippen LogP contribution in [0.15, 0.2) is 24.3 Å². The van der Waals surface area contributed by atoms with E-state index in [2.05, 4.69) is 15.8 Å². The molecule has 6 atom stereocenters. The van der Waals surface area contributed by atoms with Crippen molar-refractivity contribution in [3.8, 4) is 41.2 Å². The van der Waals surface area contributed by atoms with Crippen LogP contribution < -0.4 is 14.4 Å². The predicted octanol–water partition coefficient (Wildman–Crippen LogP) is 5.32. The first-order chi connectivity index (χ1) is 26.6. The van der Waals surface area contributed by atoms with Gasteiger partial charge in [-0.05, 0) is 75.6 Å². The number of halogens is 2. The third-order valence-corrected chi connectivity index (χ3v) is 12.2. The summed E-state index contributed by atoms with van der Waals surface area (Å²) in [5.74, 6) is 0.892. The van der Waals surface area contributed by atoms with Gasteiger partial charge in [0.2, 0.25) is 5.88 Å². The summed E-state index contributed by atoms with van der Waals surface area (Å²) in [6.07, 6.45) is 12.8. The number of rotatable bonds is 7. The number of ether oxygens (including phenoxy) is 5. The number of pyridine rings is 1. The van der Waals surface area contributed by atoms with Crippen LogP contribution in [-0.4, -0.2) is 113 Å². The number of aliphatic hydroxyl groups is 1. The molecule has 9 rings (SSSR count). The number of β-amino-alcohol motifs (C(OH)–C–C–N with tert-alkyl or cyclic N) is 1. The SMILES string of the molecule is C#Cc1c(F)ccc2cc(O)cc(-c3nc(OC)c4c(N5CCOCC(C)(O)C5)nc(OCC56CCCC5N(C5CCC7COC5O7)CCC6)nc4c3F)c12. The zero-order chi connectivity index (χ0) is 38.1. The summed E-state index contributed by atoms with van der Waals surface area (Å²) in [6, 6.07) is 5.79. The Kier molecular flexibility index (Phi) is 9.21. The molecule has 2 bridgehead atoms. The molecule has 14 heteroatoms. The number of hydrogen-bond donors (Lipinski definition) is 2. The van der Waals surface area contributed by atoms with Gasteiger partial charge >= 0.3 is 6.01 Å². The molecule has 55 heavy (non-hydrogen) atoms. The second kappa shape index (κ2) is 14.0. The minimum atomic E-state index is -1.25. The van der Waals surface area contributed by atoms with Crippen molar-refractivity contribution in [3.05, 3.63) is 41.5 Å². The predicted molar refractivity (Wildman–Crippen MR) is 199 cm³/mol. The third-order valence-electron chi connectivity index (χ3n) is 12.2. The highest BCUT2D eigenvalue weighted by Crippen LogP contribution is 2.50. The summed E-state index contributed by atoms with van der Waals surface area (Å²) in [4.78, 5) is 18.6. The molecule has 290 valence electrons. The van der Waals surface area contributed by atoms with Gasteiger partial charge in [0, 0.05) is 29.0 Å². The number of aromatic nitrogens is 3. The van der Waals surface area contributed by atoms with Crippen LogP contribution in [0.25, 0.3) is 32.9 Å². The Hall–Kier alpha value is -4.39. The maximum absolute atomic E-state index is 17.4. The van der Waals surface area contributed by atoms with E-state index in [4.69, 9.17) is 40.1 Å². The lowest BCUT2D eigenvalue weighted by molar-refractivity contribution is -0.157. The molecule has 6 heterocycles. The second-order valence-electron chi connectivity index (χ2n) is 16.0. The van der Waals surface area contributed by atoms with E-state index >= 15 is 8.78 Å². The van der Waals surface area contributed by atoms with Gasteiger partial charge in [-0.3, -0.25) is 4.90 Å². The maximum atomic E-state index is 17.4. The van der Waals surface area contributed by atoms with Crippen LogP contribution in [0.4, 0.5) is 14.6 Å². The molecule has 4 saturated heterocycles. The molecule has 5 fully saturated rings. The van der Waals surface area contributed by atoms with Crippen LogP contribution in [0.1, 0.15) is 57.4 Å². The summed E-state index contributed by atoms with van der Waals surface area (Å²) in [5.41, 5.74) is -1.87. The van der Waals surface area contributed by atoms with E-state index in [1.807, 2.05) is 0 Å². The molecule has 2 aromatic carbocycles. The second-order valence-corrected chi connectivity index (χ2v) is 16.0. The fraction of sp³-hybridized carbons (Fsp3) is 0.537. The number of piperidine rings is 1. The van der Waals surface area contributed by atoms with Gasteiger partial charge in [0.1, 0.15) is 39.6 Å². The molecular weight excluding hydrogens is 712 g/mol. The molecule has 4 aliphatic heterocycles. The largest absolute Gasteiger partial charge is 0.508 e. The summed E-state index contributed by atoms with van der Waals surface area (Å²) in [6.45, 7) is 4.41. The van der Waals surface area contributed by atoms with Crippen molar-refractivity contribution in [3.63, 3.8) is 0 Å². The van der Waals surface area contributed by atoms with Gasteiger partial charge in [-0.15, -0.1) is 6.42 Å². The number of methoxy groups -OCH3 is 1. The fourth-order valence-electron chi connectivity index (χ4n) is 9.84. The first kappa shape index (κ1) is 36.3. The molecule has 2 aromatic heterocycles. The van der Waals surface area contributed by atoms with Gasteiger partial charge in [0.05, 0.1) is 57.8 Å². The lowest BCUT2D eigenvalue weighted by Crippen LogP contribution is -2.59. The molecule has 5 aliphatic rings. The average Bonchev–Trinajstić information content (AvgIpc) is 3.73. The zero-order valence-corrected chi connectivity index (χ0v) is 31.0. The number of terminal acetylenes is 1. The molecule has 2 N–H and O–H groups in total. The van der Waals surface area contributed by atoms with Crippen molar-refractivity contribution < 1.29 is 42.7 Å². The van der Waals surface area contributed by atoms with E-state index in [1.54, 1.807) is 11.8 Å². The average molecular weight is 758 g/mol. The van der Waals surface area contributed by atoms with Gasteiger partial charge in [0.25, 0.3) is 0 Å². The highest BCUT2D eigenvalue weighted by Gasteiger charge is 2.53. The molecule has 0 radical (unpaired) electrons. The normalized spacial score (nSPS) is 29.6. The quantitative estimate of drug-likeness (QED) is 0.237. The third kappa shape index (κ3) is 6.30. The van der Waals surface area contributed by atoms with Gasteiger partial charge in [-0.25, -0.2) is 13.8 Å². The van der Waals surface area contributed by atoms with Crippen LogP contribution >= 0.6 is 0 Å². The number of nitrogens with zero attached hydrogens (tertiary/aromatic N) is 5. The van der Waals surface area contributed by atoms with Crippen molar-refractivity contribution in [2.75, 3.05) is 58.1 Å². The first-order valence-corrected chi connectivity index (χ1v) is 19.2. The van der Waals surface area contributed by atoms with Crippen molar-refractivity contribution in [2.45, 2.75) is 81.9 Å². The Bertz CT molecular complexity index is 2200. The van der Waals surface area contributed by atoms with Gasteiger partial charge < -0.3 is 38.8 Å². The van der Waals surface area contributed by atoms with Crippen molar-refractivity contribution in [2.24, 2.45) is 5.41 Å². The number of benzene rings is 2. The molecule has 1 saturated carbocycles. The number of anilines is 1. The zero-order valence-electron chi connectivity index (χ0n) is 31.0. The van der Waals surface area contributed by atoms with E-state index in [-0.39, 0.29) is 106 Å². The molecule has 0 spiro atoms. The van der Waals surface area contributed by atoms with Gasteiger partial charge in [-0.2, -0.15) is 9.97 Å². The smallest absolute Gasteiger partial charge is 0.319 e. The lowest BCUT2D eigenvalue weighted by Gasteiger charge is -2.50. The summed E-state index contributed by atoms with van der Waals surface area (Å²) >= 11 is 0. The number of phenols is 1. The molecule has 6 unspecified atom stereocenters. The standard InChI is InChI=1S/C41H45F2N5O7/c1-4-26-28(42)10-8-23-17-24(49)18-27(31(23)26)34-33(43)35-32(37(44-34)51-3)36(47-15-16-52-21-40(2,50)20-47)46-39(45-35)54-22-41-12-5-7-30(41)48(14-6-13-41)29-11-9-25-19-53-38(29)55-25/h1,8,10,17-18,25,29-30,38,49-50H,5-7,9,11-16,19-22H2,2-3H3. The van der Waals surface area contributed by atoms with Crippen molar-refractivity contribution >= 4 is 27.5 Å². The Morgan fingerprint density at radius 3 is 2.76 bits per heavy atom. The van der Waals surface area contributed by atoms with Crippen molar-refractivity contribution in [1.82, 2.24) is 19.9 Å². The number of aromatic hydroxyl groups is 1. The molecule has 1 aliphatic carbocycles. The van der Waals surface area contributed by atoms with Crippen LogP contribution in [0.5, 0.6) is 17.6 Å². The Morgan fingerprint density at radius 1 is 1.07 bits per heavy atom. The van der Waals surface area contributed by atoms with E-state index in [0.29, 0.717) is 25.1 Å². The number of phenolic OH excluding ortho intramolecular Hbond substituents is 1. The van der Waals surface area contributed by atoms with E-state index < -0.39 is 17.2 Å². The Labute approximate surface area is 317 Å². The van der Waals surface area contributed by atoms with Crippen LogP contribution in [-0.2, 0) is 14.2 Å². The fourth-order valence-corrected chi connectivity index (χ4v) is 9.84. The number of hydrogen-bond acceptors (Lipinski definition) is 12. The van der Waals surface area contributed by atoms with Crippen LogP contribution in [0.3, 0.4) is 0 Å². The van der Waals surface area contributed by atoms with Gasteiger partial charge in [-0.1, -0.05) is 18.4 Å². The molecule has 12 nitrogen and oxygen atoms in total. The molecule has 4 aromatic rings. The monoisotopic (exact) mass is 757 g/mol. The minimum absolute atomic E-state index is 0.0173. The Morgan fingerprint density at radius 2 is 1.93 bits per heavy atom. The van der Waals surface area contributed by atoms with Crippen molar-refractivity contribution in [1.29, 1.82) is 0 Å². The van der Waals surface area contributed by atoms with Crippen LogP contribution in [0, 0.1) is 29.4 Å². The van der Waals surface area contributed by atoms with E-state index in [9.17, 15) is 10.2 Å². The summed E-state index contributed by atoms with van der Waals surface area (Å²) < 4.78 is 62.8.